The molecule has 2 aromatic rings. The van der Waals surface area contributed by atoms with Crippen LogP contribution in [0.5, 0.6) is 0 Å². The Balaban J connectivity index is 0.00000156. The Hall–Kier alpha value is -0.790. The number of amides is 1. The summed E-state index contributed by atoms with van der Waals surface area (Å²) in [5.74, 6) is 0.884. The molecule has 138 valence electrons. The van der Waals surface area contributed by atoms with Crippen molar-refractivity contribution in [2.75, 3.05) is 13.1 Å². The SMILES string of the molecule is Cc1nc(CSc2ccc(C(=O)NC3CCCNC3)cc2)cs1.Cl.Cl. The minimum absolute atomic E-state index is 0. The van der Waals surface area contributed by atoms with Crippen LogP contribution in [0.2, 0.25) is 0 Å². The fraction of sp³-hybridized carbons (Fsp3) is 0.412. The molecule has 1 unspecified atom stereocenters. The Morgan fingerprint density at radius 2 is 2.12 bits per heavy atom. The van der Waals surface area contributed by atoms with Crippen molar-refractivity contribution in [3.05, 3.63) is 45.9 Å². The predicted molar refractivity (Wildman–Crippen MR) is 111 cm³/mol. The van der Waals surface area contributed by atoms with E-state index in [-0.39, 0.29) is 36.8 Å². The molecule has 4 nitrogen and oxygen atoms in total. The van der Waals surface area contributed by atoms with Crippen molar-refractivity contribution in [1.82, 2.24) is 15.6 Å². The summed E-state index contributed by atoms with van der Waals surface area (Å²) in [6.07, 6.45) is 2.18. The van der Waals surface area contributed by atoms with Crippen LogP contribution in [0.1, 0.15) is 33.9 Å². The quantitative estimate of drug-likeness (QED) is 0.716. The molecule has 1 amide bonds. The zero-order chi connectivity index (χ0) is 16.1. The fourth-order valence-corrected chi connectivity index (χ4v) is 4.09. The Kier molecular flexibility index (Phi) is 9.82. The van der Waals surface area contributed by atoms with Crippen LogP contribution in [0.3, 0.4) is 0 Å². The van der Waals surface area contributed by atoms with Crippen LogP contribution >= 0.6 is 47.9 Å². The number of aryl methyl sites for hydroxylation is 1. The highest BCUT2D eigenvalue weighted by molar-refractivity contribution is 7.98. The molecule has 25 heavy (non-hydrogen) atoms. The summed E-state index contributed by atoms with van der Waals surface area (Å²) in [7, 11) is 0. The van der Waals surface area contributed by atoms with E-state index in [4.69, 9.17) is 0 Å². The molecule has 1 atom stereocenters. The van der Waals surface area contributed by atoms with Gasteiger partial charge in [-0.25, -0.2) is 4.98 Å². The van der Waals surface area contributed by atoms with E-state index >= 15 is 0 Å². The standard InChI is InChI=1S/C17H21N3OS2.2ClH/c1-12-19-15(10-22-12)11-23-16-6-4-13(5-7-16)17(21)20-14-3-2-8-18-9-14;;/h4-7,10,14,18H,2-3,8-9,11H2,1H3,(H,20,21);2*1H. The van der Waals surface area contributed by atoms with E-state index in [1.807, 2.05) is 31.2 Å². The molecule has 1 aromatic heterocycles. The van der Waals surface area contributed by atoms with Gasteiger partial charge < -0.3 is 10.6 Å². The molecule has 1 aliphatic heterocycles. The average molecular weight is 420 g/mol. The van der Waals surface area contributed by atoms with Crippen LogP contribution in [0, 0.1) is 6.92 Å². The molecule has 8 heteroatoms. The number of hydrogen-bond donors (Lipinski definition) is 2. The molecule has 0 aliphatic carbocycles. The molecule has 0 bridgehead atoms. The van der Waals surface area contributed by atoms with Crippen LogP contribution in [-0.2, 0) is 5.75 Å². The maximum absolute atomic E-state index is 12.3. The largest absolute Gasteiger partial charge is 0.348 e. The van der Waals surface area contributed by atoms with Crippen molar-refractivity contribution >= 4 is 53.8 Å². The highest BCUT2D eigenvalue weighted by Crippen LogP contribution is 2.23. The number of thioether (sulfide) groups is 1. The normalized spacial score (nSPS) is 16.4. The first kappa shape index (κ1) is 22.3. The molecule has 2 N–H and O–H groups in total. The molecule has 1 fully saturated rings. The van der Waals surface area contributed by atoms with Crippen molar-refractivity contribution in [3.63, 3.8) is 0 Å². The van der Waals surface area contributed by atoms with E-state index in [0.29, 0.717) is 0 Å². The maximum Gasteiger partial charge on any atom is 0.251 e. The van der Waals surface area contributed by atoms with E-state index in [2.05, 4.69) is 21.0 Å². The first-order valence-corrected chi connectivity index (χ1v) is 9.73. The number of carbonyl (C=O) groups excluding carboxylic acids is 1. The third-order valence-corrected chi connectivity index (χ3v) is 5.67. The van der Waals surface area contributed by atoms with E-state index in [1.165, 1.54) is 0 Å². The van der Waals surface area contributed by atoms with Gasteiger partial charge in [0.15, 0.2) is 0 Å². The number of halogens is 2. The summed E-state index contributed by atoms with van der Waals surface area (Å²) in [5, 5.41) is 9.61. The second-order valence-corrected chi connectivity index (χ2v) is 7.80. The summed E-state index contributed by atoms with van der Waals surface area (Å²) in [5.41, 5.74) is 1.84. The Morgan fingerprint density at radius 3 is 2.72 bits per heavy atom. The topological polar surface area (TPSA) is 54.0 Å². The number of thiazole rings is 1. The Bertz CT molecular complexity index is 658. The molecule has 0 spiro atoms. The van der Waals surface area contributed by atoms with Gasteiger partial charge in [-0.2, -0.15) is 0 Å². The van der Waals surface area contributed by atoms with Crippen LogP contribution in [0.25, 0.3) is 0 Å². The lowest BCUT2D eigenvalue weighted by Crippen LogP contribution is -2.45. The van der Waals surface area contributed by atoms with E-state index in [1.54, 1.807) is 23.1 Å². The van der Waals surface area contributed by atoms with E-state index < -0.39 is 0 Å². The van der Waals surface area contributed by atoms with Crippen molar-refractivity contribution in [1.29, 1.82) is 0 Å². The van der Waals surface area contributed by atoms with Crippen LogP contribution in [0.15, 0.2) is 34.5 Å². The Labute approximate surface area is 169 Å². The minimum atomic E-state index is 0. The zero-order valence-electron chi connectivity index (χ0n) is 14.0. The number of nitrogens with one attached hydrogen (secondary N) is 2. The lowest BCUT2D eigenvalue weighted by atomic mass is 10.1. The molecular formula is C17H23Cl2N3OS2. The van der Waals surface area contributed by atoms with Crippen molar-refractivity contribution in [2.45, 2.75) is 36.5 Å². The van der Waals surface area contributed by atoms with Crippen molar-refractivity contribution in [2.24, 2.45) is 0 Å². The minimum Gasteiger partial charge on any atom is -0.348 e. The number of carbonyl (C=O) groups is 1. The molecule has 1 aliphatic rings. The van der Waals surface area contributed by atoms with Gasteiger partial charge in [0.1, 0.15) is 0 Å². The summed E-state index contributed by atoms with van der Waals surface area (Å²) in [6.45, 7) is 3.94. The second kappa shape index (κ2) is 11.0. The van der Waals surface area contributed by atoms with Gasteiger partial charge in [-0.15, -0.1) is 47.9 Å². The van der Waals surface area contributed by atoms with E-state index in [9.17, 15) is 4.79 Å². The van der Waals surface area contributed by atoms with E-state index in [0.717, 1.165) is 52.8 Å². The van der Waals surface area contributed by atoms with Crippen LogP contribution in [-0.4, -0.2) is 30.0 Å². The Morgan fingerprint density at radius 1 is 1.36 bits per heavy atom. The first-order chi connectivity index (χ1) is 11.2. The van der Waals surface area contributed by atoms with Crippen LogP contribution in [0.4, 0.5) is 0 Å². The number of hydrogen-bond acceptors (Lipinski definition) is 5. The van der Waals surface area contributed by atoms with Gasteiger partial charge >= 0.3 is 0 Å². The van der Waals surface area contributed by atoms with Gasteiger partial charge in [0.25, 0.3) is 5.91 Å². The molecule has 3 rings (SSSR count). The molecule has 1 saturated heterocycles. The molecule has 2 heterocycles. The number of piperidine rings is 1. The van der Waals surface area contributed by atoms with Gasteiger partial charge in [0, 0.05) is 34.2 Å². The number of aromatic nitrogens is 1. The summed E-state index contributed by atoms with van der Waals surface area (Å²) in [4.78, 5) is 17.9. The third kappa shape index (κ3) is 6.79. The lowest BCUT2D eigenvalue weighted by Gasteiger charge is -2.23. The highest BCUT2D eigenvalue weighted by atomic mass is 35.5. The molecular weight excluding hydrogens is 397 g/mol. The van der Waals surface area contributed by atoms with Gasteiger partial charge in [-0.3, -0.25) is 4.79 Å². The summed E-state index contributed by atoms with van der Waals surface area (Å²) < 4.78 is 0. The number of nitrogens with zero attached hydrogens (tertiary/aromatic N) is 1. The lowest BCUT2D eigenvalue weighted by molar-refractivity contribution is 0.0930. The van der Waals surface area contributed by atoms with Crippen molar-refractivity contribution in [3.8, 4) is 0 Å². The summed E-state index contributed by atoms with van der Waals surface area (Å²) >= 11 is 3.43. The second-order valence-electron chi connectivity index (χ2n) is 5.69. The maximum atomic E-state index is 12.3. The average Bonchev–Trinajstić information content (AvgIpc) is 3.00. The molecule has 1 aromatic carbocycles. The van der Waals surface area contributed by atoms with Crippen molar-refractivity contribution < 1.29 is 4.79 Å². The zero-order valence-corrected chi connectivity index (χ0v) is 17.3. The monoisotopic (exact) mass is 419 g/mol. The number of rotatable bonds is 5. The number of benzene rings is 1. The van der Waals surface area contributed by atoms with Gasteiger partial charge in [0.2, 0.25) is 0 Å². The highest BCUT2D eigenvalue weighted by Gasteiger charge is 2.16. The van der Waals surface area contributed by atoms with Crippen LogP contribution < -0.4 is 10.6 Å². The van der Waals surface area contributed by atoms with Gasteiger partial charge in [-0.05, 0) is 50.6 Å². The fourth-order valence-electron chi connectivity index (χ4n) is 2.58. The first-order valence-electron chi connectivity index (χ1n) is 7.86. The smallest absolute Gasteiger partial charge is 0.251 e. The summed E-state index contributed by atoms with van der Waals surface area (Å²) in [6, 6.07) is 8.08. The molecule has 0 radical (unpaired) electrons. The molecule has 0 saturated carbocycles. The third-order valence-electron chi connectivity index (χ3n) is 3.80. The van der Waals surface area contributed by atoms with Gasteiger partial charge in [-0.1, -0.05) is 0 Å². The van der Waals surface area contributed by atoms with Gasteiger partial charge in [0.05, 0.1) is 10.7 Å². The predicted octanol–water partition coefficient (Wildman–Crippen LogP) is 4.07.